The van der Waals surface area contributed by atoms with Crippen LogP contribution in [0, 0.1) is 0 Å². The van der Waals surface area contributed by atoms with Crippen LogP contribution in [-0.4, -0.2) is 73.4 Å². The summed E-state index contributed by atoms with van der Waals surface area (Å²) in [6.07, 6.45) is 6.25. The van der Waals surface area contributed by atoms with Crippen molar-refractivity contribution >= 4 is 27.4 Å². The Kier molecular flexibility index (Phi) is 5.40. The molecule has 0 spiro atoms. The van der Waals surface area contributed by atoms with Gasteiger partial charge in [-0.2, -0.15) is 0 Å². The fourth-order valence-corrected chi connectivity index (χ4v) is 5.03. The molecule has 0 saturated carbocycles. The summed E-state index contributed by atoms with van der Waals surface area (Å²) in [5.74, 6) is 1.11. The third-order valence-corrected chi connectivity index (χ3v) is 7.01. The maximum Gasteiger partial charge on any atom is 0.150 e. The number of fused-ring (bicyclic) bond motifs is 1. The van der Waals surface area contributed by atoms with Gasteiger partial charge in [0, 0.05) is 44.4 Å². The lowest BCUT2D eigenvalue weighted by molar-refractivity contribution is -0.00857. The van der Waals surface area contributed by atoms with E-state index in [2.05, 4.69) is 50.6 Å². The highest BCUT2D eigenvalue weighted by Gasteiger charge is 2.35. The van der Waals surface area contributed by atoms with E-state index in [0.717, 1.165) is 69.9 Å². The van der Waals surface area contributed by atoms with Crippen LogP contribution >= 0.6 is 11.3 Å². The number of nitrogens with one attached hydrogen (secondary N) is 1. The number of piperidine rings is 1. The van der Waals surface area contributed by atoms with E-state index < -0.39 is 0 Å². The minimum absolute atomic E-state index is 0.241. The first-order valence-electron chi connectivity index (χ1n) is 9.60. The fourth-order valence-electron chi connectivity index (χ4n) is 4.16. The number of ether oxygens (including phenoxy) is 1. The molecule has 0 radical (unpaired) electrons. The summed E-state index contributed by atoms with van der Waals surface area (Å²) >= 11 is 1.74. The molecule has 0 amide bonds. The molecule has 2 aromatic rings. The first kappa shape index (κ1) is 18.1. The summed E-state index contributed by atoms with van der Waals surface area (Å²) < 4.78 is 6.80. The van der Waals surface area contributed by atoms with E-state index in [1.807, 2.05) is 0 Å². The zero-order valence-electron chi connectivity index (χ0n) is 15.8. The van der Waals surface area contributed by atoms with E-state index in [1.54, 1.807) is 17.7 Å². The van der Waals surface area contributed by atoms with Gasteiger partial charge in [-0.3, -0.25) is 0 Å². The molecule has 6 nitrogen and oxygen atoms in total. The molecule has 2 saturated heterocycles. The van der Waals surface area contributed by atoms with Crippen LogP contribution in [-0.2, 0) is 4.74 Å². The second kappa shape index (κ2) is 7.76. The first-order valence-corrected chi connectivity index (χ1v) is 10.5. The molecule has 26 heavy (non-hydrogen) atoms. The van der Waals surface area contributed by atoms with Crippen molar-refractivity contribution in [2.75, 3.05) is 51.8 Å². The Labute approximate surface area is 159 Å². The highest BCUT2D eigenvalue weighted by Crippen LogP contribution is 2.30. The van der Waals surface area contributed by atoms with Crippen molar-refractivity contribution in [2.24, 2.45) is 0 Å². The van der Waals surface area contributed by atoms with Crippen molar-refractivity contribution in [3.8, 4) is 0 Å². The summed E-state index contributed by atoms with van der Waals surface area (Å²) in [4.78, 5) is 13.7. The van der Waals surface area contributed by atoms with Crippen molar-refractivity contribution in [2.45, 2.75) is 37.3 Å². The smallest absolute Gasteiger partial charge is 0.150 e. The van der Waals surface area contributed by atoms with Crippen LogP contribution < -0.4 is 10.2 Å². The van der Waals surface area contributed by atoms with E-state index >= 15 is 0 Å². The monoisotopic (exact) mass is 375 g/mol. The van der Waals surface area contributed by atoms with Gasteiger partial charge in [0.2, 0.25) is 0 Å². The quantitative estimate of drug-likeness (QED) is 0.866. The molecular formula is C19H29N5OS. The largest absolute Gasteiger partial charge is 0.381 e. The molecule has 142 valence electrons. The van der Waals surface area contributed by atoms with E-state index in [0.29, 0.717) is 6.04 Å². The minimum Gasteiger partial charge on any atom is -0.381 e. The molecule has 2 aliphatic rings. The molecule has 2 fully saturated rings. The highest BCUT2D eigenvalue weighted by atomic mass is 32.1. The van der Waals surface area contributed by atoms with Crippen LogP contribution in [0.15, 0.2) is 17.8 Å². The summed E-state index contributed by atoms with van der Waals surface area (Å²) in [6, 6.07) is 2.67. The molecule has 0 bridgehead atoms. The Balaban J connectivity index is 1.34. The second-order valence-corrected chi connectivity index (χ2v) is 8.62. The Morgan fingerprint density at radius 2 is 2.04 bits per heavy atom. The van der Waals surface area contributed by atoms with Gasteiger partial charge in [0.1, 0.15) is 12.1 Å². The SMILES string of the molecule is CN(C)C1(CNC2CCN(c3ncnc4ccsc34)CC2)CCOCC1. The van der Waals surface area contributed by atoms with Crippen LogP contribution in [0.4, 0.5) is 5.82 Å². The predicted octanol–water partition coefficient (Wildman–Crippen LogP) is 2.36. The lowest BCUT2D eigenvalue weighted by Crippen LogP contribution is -2.57. The van der Waals surface area contributed by atoms with E-state index in [9.17, 15) is 0 Å². The summed E-state index contributed by atoms with van der Waals surface area (Å²) in [6.45, 7) is 4.92. The third kappa shape index (κ3) is 3.58. The van der Waals surface area contributed by atoms with Crippen molar-refractivity contribution in [3.63, 3.8) is 0 Å². The number of aromatic nitrogens is 2. The van der Waals surface area contributed by atoms with Gasteiger partial charge >= 0.3 is 0 Å². The average molecular weight is 376 g/mol. The molecule has 0 unspecified atom stereocenters. The molecule has 7 heteroatoms. The highest BCUT2D eigenvalue weighted by molar-refractivity contribution is 7.17. The standard InChI is InChI=1S/C19H29N5OS/c1-23(2)19(6-10-25-11-7-19)13-20-15-3-8-24(9-4-15)18-17-16(5-12-26-17)21-14-22-18/h5,12,14-15,20H,3-4,6-11,13H2,1-2H3. The van der Waals surface area contributed by atoms with Crippen molar-refractivity contribution in [1.29, 1.82) is 0 Å². The third-order valence-electron chi connectivity index (χ3n) is 6.11. The Morgan fingerprint density at radius 3 is 2.77 bits per heavy atom. The number of anilines is 1. The van der Waals surface area contributed by atoms with Gasteiger partial charge in [-0.25, -0.2) is 9.97 Å². The van der Waals surface area contributed by atoms with Crippen molar-refractivity contribution in [3.05, 3.63) is 17.8 Å². The zero-order chi connectivity index (χ0) is 18.0. The Hall–Kier alpha value is -1.28. The fraction of sp³-hybridized carbons (Fsp3) is 0.684. The Bertz CT molecular complexity index is 720. The normalized spacial score (nSPS) is 21.6. The average Bonchev–Trinajstić information content (AvgIpc) is 3.16. The molecule has 2 aromatic heterocycles. The summed E-state index contributed by atoms with van der Waals surface area (Å²) in [5.41, 5.74) is 1.30. The lowest BCUT2D eigenvalue weighted by atomic mass is 9.88. The minimum atomic E-state index is 0.241. The van der Waals surface area contributed by atoms with Crippen LogP contribution in [0.3, 0.4) is 0 Å². The van der Waals surface area contributed by atoms with Gasteiger partial charge in [0.25, 0.3) is 0 Å². The first-order chi connectivity index (χ1) is 12.7. The van der Waals surface area contributed by atoms with E-state index in [1.165, 1.54) is 4.70 Å². The predicted molar refractivity (Wildman–Crippen MR) is 107 cm³/mol. The number of thiophene rings is 1. The lowest BCUT2D eigenvalue weighted by Gasteiger charge is -2.44. The molecule has 2 aliphatic heterocycles. The molecule has 4 rings (SSSR count). The van der Waals surface area contributed by atoms with Gasteiger partial charge in [-0.1, -0.05) is 0 Å². The molecule has 4 heterocycles. The molecule has 0 aliphatic carbocycles. The number of hydrogen-bond acceptors (Lipinski definition) is 7. The van der Waals surface area contributed by atoms with Crippen LogP contribution in [0.1, 0.15) is 25.7 Å². The second-order valence-electron chi connectivity index (χ2n) is 7.71. The number of rotatable bonds is 5. The van der Waals surface area contributed by atoms with Crippen molar-refractivity contribution in [1.82, 2.24) is 20.2 Å². The van der Waals surface area contributed by atoms with Crippen LogP contribution in [0.25, 0.3) is 10.2 Å². The molecule has 0 atom stereocenters. The van der Waals surface area contributed by atoms with Gasteiger partial charge in [-0.05, 0) is 51.2 Å². The number of likely N-dealkylation sites (N-methyl/N-ethyl adjacent to an activating group) is 1. The van der Waals surface area contributed by atoms with Crippen LogP contribution in [0.5, 0.6) is 0 Å². The zero-order valence-corrected chi connectivity index (χ0v) is 16.6. The maximum absolute atomic E-state index is 5.59. The molecular weight excluding hydrogens is 346 g/mol. The molecule has 0 aromatic carbocycles. The van der Waals surface area contributed by atoms with Gasteiger partial charge in [-0.15, -0.1) is 11.3 Å². The van der Waals surface area contributed by atoms with E-state index in [-0.39, 0.29) is 5.54 Å². The topological polar surface area (TPSA) is 53.5 Å². The maximum atomic E-state index is 5.59. The van der Waals surface area contributed by atoms with E-state index in [4.69, 9.17) is 4.74 Å². The van der Waals surface area contributed by atoms with Gasteiger partial charge in [0.15, 0.2) is 0 Å². The molecule has 1 N–H and O–H groups in total. The number of nitrogens with zero attached hydrogens (tertiary/aromatic N) is 4. The van der Waals surface area contributed by atoms with Crippen molar-refractivity contribution < 1.29 is 4.74 Å². The summed E-state index contributed by atoms with van der Waals surface area (Å²) in [5, 5.41) is 5.97. The van der Waals surface area contributed by atoms with Gasteiger partial charge < -0.3 is 19.9 Å². The Morgan fingerprint density at radius 1 is 1.27 bits per heavy atom. The van der Waals surface area contributed by atoms with Crippen LogP contribution in [0.2, 0.25) is 0 Å². The van der Waals surface area contributed by atoms with Gasteiger partial charge in [0.05, 0.1) is 10.2 Å². The summed E-state index contributed by atoms with van der Waals surface area (Å²) in [7, 11) is 4.41. The number of hydrogen-bond donors (Lipinski definition) is 1.